The number of carboxylic acids is 1. The van der Waals surface area contributed by atoms with Crippen LogP contribution in [0.5, 0.6) is 5.75 Å². The summed E-state index contributed by atoms with van der Waals surface area (Å²) in [7, 11) is 2.79. The number of carboxylic acid groups (broad SMARTS) is 1. The van der Waals surface area contributed by atoms with E-state index in [0.717, 1.165) is 52.4 Å². The molecule has 0 amide bonds. The van der Waals surface area contributed by atoms with Crippen LogP contribution in [0.25, 0.3) is 22.3 Å². The largest absolute Gasteiger partial charge is 0.493 e. The smallest absolute Gasteiger partial charge is 0.309 e. The summed E-state index contributed by atoms with van der Waals surface area (Å²) in [6.45, 7) is 2.82. The van der Waals surface area contributed by atoms with Gasteiger partial charge in [-0.2, -0.15) is 0 Å². The molecule has 0 spiro atoms. The molecule has 1 aliphatic carbocycles. The molecular formula is C23H24NO4P. The number of furan rings is 1. The highest BCUT2D eigenvalue weighted by molar-refractivity contribution is 7.28. The molecule has 2 aromatic carbocycles. The molecule has 1 unspecified atom stereocenters. The van der Waals surface area contributed by atoms with Crippen LogP contribution in [0.4, 0.5) is 0 Å². The summed E-state index contributed by atoms with van der Waals surface area (Å²) in [6.07, 6.45) is 2.56. The monoisotopic (exact) mass is 409 g/mol. The predicted octanol–water partition coefficient (Wildman–Crippen LogP) is 3.91. The predicted molar refractivity (Wildman–Crippen MR) is 116 cm³/mol. The average Bonchev–Trinajstić information content (AvgIpc) is 3.39. The second-order valence-corrected chi connectivity index (χ2v) is 8.84. The Hall–Kier alpha value is -2.36. The molecule has 2 heterocycles. The highest BCUT2D eigenvalue weighted by Gasteiger charge is 2.32. The molecule has 1 N–H and O–H groups in total. The van der Waals surface area contributed by atoms with E-state index >= 15 is 0 Å². The zero-order valence-corrected chi connectivity index (χ0v) is 17.3. The van der Waals surface area contributed by atoms with Crippen molar-refractivity contribution in [2.45, 2.75) is 19.4 Å². The molecule has 5 nitrogen and oxygen atoms in total. The van der Waals surface area contributed by atoms with Gasteiger partial charge in [-0.25, -0.2) is 0 Å². The number of aliphatic carboxylic acids is 1. The second-order valence-electron chi connectivity index (χ2n) is 8.22. The minimum atomic E-state index is -0.700. The highest BCUT2D eigenvalue weighted by atomic mass is 31.0. The zero-order chi connectivity index (χ0) is 20.0. The van der Waals surface area contributed by atoms with Crippen molar-refractivity contribution in [3.63, 3.8) is 0 Å². The van der Waals surface area contributed by atoms with Crippen molar-refractivity contribution in [3.05, 3.63) is 48.0 Å². The first-order valence-electron chi connectivity index (χ1n) is 10.1. The molecular weight excluding hydrogens is 385 g/mol. The fourth-order valence-electron chi connectivity index (χ4n) is 3.79. The lowest BCUT2D eigenvalue weighted by molar-refractivity contribution is -0.147. The van der Waals surface area contributed by atoms with Gasteiger partial charge < -0.3 is 14.3 Å². The molecule has 3 aromatic rings. The molecule has 2 aliphatic rings. The minimum absolute atomic E-state index is 0.224. The number of fused-ring (bicyclic) bond motifs is 1. The SMILES string of the molecule is O=C(O)C1CN(Cc2ccc(-c3cc4cc(OCC5CC5)ccc4o3)c(P)c2)C1. The summed E-state index contributed by atoms with van der Waals surface area (Å²) >= 11 is 0. The van der Waals surface area contributed by atoms with E-state index in [1.54, 1.807) is 0 Å². The summed E-state index contributed by atoms with van der Waals surface area (Å²) in [5.74, 6) is 1.54. The fraction of sp³-hybridized carbons (Fsp3) is 0.348. The Labute approximate surface area is 171 Å². The molecule has 29 heavy (non-hydrogen) atoms. The first-order valence-corrected chi connectivity index (χ1v) is 10.6. The second kappa shape index (κ2) is 7.47. The third-order valence-corrected chi connectivity index (χ3v) is 6.24. The quantitative estimate of drug-likeness (QED) is 0.600. The van der Waals surface area contributed by atoms with Gasteiger partial charge >= 0.3 is 5.97 Å². The molecule has 150 valence electrons. The van der Waals surface area contributed by atoms with Crippen molar-refractivity contribution in [2.24, 2.45) is 11.8 Å². The number of likely N-dealkylation sites (tertiary alicyclic amines) is 1. The van der Waals surface area contributed by atoms with E-state index in [2.05, 4.69) is 38.4 Å². The first-order chi connectivity index (χ1) is 14.0. The lowest BCUT2D eigenvalue weighted by Gasteiger charge is -2.36. The van der Waals surface area contributed by atoms with Gasteiger partial charge in [-0.3, -0.25) is 9.69 Å². The normalized spacial score (nSPS) is 17.4. The maximum Gasteiger partial charge on any atom is 0.309 e. The van der Waals surface area contributed by atoms with Crippen LogP contribution in [-0.4, -0.2) is 35.7 Å². The van der Waals surface area contributed by atoms with Crippen LogP contribution < -0.4 is 10.0 Å². The summed E-state index contributed by atoms with van der Waals surface area (Å²) in [6, 6.07) is 14.4. The fourth-order valence-corrected chi connectivity index (χ4v) is 4.24. The van der Waals surface area contributed by atoms with Gasteiger partial charge in [0.05, 0.1) is 12.5 Å². The number of carbonyl (C=O) groups is 1. The van der Waals surface area contributed by atoms with Crippen LogP contribution in [0.2, 0.25) is 0 Å². The van der Waals surface area contributed by atoms with Gasteiger partial charge in [0.15, 0.2) is 0 Å². The van der Waals surface area contributed by atoms with Crippen molar-refractivity contribution in [2.75, 3.05) is 19.7 Å². The molecule has 1 saturated carbocycles. The highest BCUT2D eigenvalue weighted by Crippen LogP contribution is 2.33. The van der Waals surface area contributed by atoms with Crippen LogP contribution in [0.15, 0.2) is 46.9 Å². The van der Waals surface area contributed by atoms with Crippen LogP contribution in [0, 0.1) is 11.8 Å². The van der Waals surface area contributed by atoms with Gasteiger partial charge in [0.1, 0.15) is 17.1 Å². The Kier molecular flexibility index (Phi) is 4.81. The van der Waals surface area contributed by atoms with Crippen LogP contribution in [0.1, 0.15) is 18.4 Å². The molecule has 5 rings (SSSR count). The molecule has 0 radical (unpaired) electrons. The van der Waals surface area contributed by atoms with E-state index in [0.29, 0.717) is 13.1 Å². The van der Waals surface area contributed by atoms with Gasteiger partial charge in [-0.15, -0.1) is 9.24 Å². The molecule has 2 fully saturated rings. The standard InChI is InChI=1S/C23H24NO4P/c25-23(26)17-11-24(12-17)10-15-3-5-19(22(29)7-15)21-9-16-8-18(4-6-20(16)28-21)27-13-14-1-2-14/h3-9,14,17H,1-2,10-13,29H2,(H,25,26). The van der Waals surface area contributed by atoms with Gasteiger partial charge in [-0.1, -0.05) is 12.1 Å². The Morgan fingerprint density at radius 1 is 1.17 bits per heavy atom. The number of benzene rings is 2. The lowest BCUT2D eigenvalue weighted by atomic mass is 9.99. The van der Waals surface area contributed by atoms with Crippen molar-refractivity contribution < 1.29 is 19.1 Å². The first kappa shape index (κ1) is 18.7. The van der Waals surface area contributed by atoms with Crippen LogP contribution in [0.3, 0.4) is 0 Å². The van der Waals surface area contributed by atoms with E-state index < -0.39 is 5.97 Å². The minimum Gasteiger partial charge on any atom is -0.493 e. The van der Waals surface area contributed by atoms with Gasteiger partial charge in [-0.05, 0) is 60.0 Å². The van der Waals surface area contributed by atoms with E-state index in [-0.39, 0.29) is 5.92 Å². The van der Waals surface area contributed by atoms with Gasteiger partial charge in [0, 0.05) is 30.6 Å². The van der Waals surface area contributed by atoms with E-state index in [4.69, 9.17) is 14.3 Å². The van der Waals surface area contributed by atoms with Crippen molar-refractivity contribution >= 4 is 31.5 Å². The number of rotatable bonds is 7. The molecule has 1 aromatic heterocycles. The topological polar surface area (TPSA) is 62.9 Å². The van der Waals surface area contributed by atoms with Crippen LogP contribution in [-0.2, 0) is 11.3 Å². The van der Waals surface area contributed by atoms with Gasteiger partial charge in [0.25, 0.3) is 0 Å². The average molecular weight is 409 g/mol. The van der Waals surface area contributed by atoms with Crippen molar-refractivity contribution in [1.29, 1.82) is 0 Å². The number of hydrogen-bond donors (Lipinski definition) is 1. The molecule has 6 heteroatoms. The zero-order valence-electron chi connectivity index (χ0n) is 16.1. The molecule has 1 aliphatic heterocycles. The van der Waals surface area contributed by atoms with Crippen molar-refractivity contribution in [3.8, 4) is 17.1 Å². The van der Waals surface area contributed by atoms with Gasteiger partial charge in [0.2, 0.25) is 0 Å². The molecule has 0 bridgehead atoms. The third-order valence-electron chi connectivity index (χ3n) is 5.76. The summed E-state index contributed by atoms with van der Waals surface area (Å²) < 4.78 is 12.0. The Morgan fingerprint density at radius 3 is 2.72 bits per heavy atom. The maximum absolute atomic E-state index is 11.0. The number of nitrogens with zero attached hydrogens (tertiary/aromatic N) is 1. The molecule has 1 saturated heterocycles. The summed E-state index contributed by atoms with van der Waals surface area (Å²) in [5.41, 5.74) is 3.07. The van der Waals surface area contributed by atoms with Crippen molar-refractivity contribution in [1.82, 2.24) is 4.90 Å². The van der Waals surface area contributed by atoms with Crippen LogP contribution >= 0.6 is 9.24 Å². The molecule has 1 atom stereocenters. The van der Waals surface area contributed by atoms with E-state index in [9.17, 15) is 4.79 Å². The lowest BCUT2D eigenvalue weighted by Crippen LogP contribution is -2.49. The summed E-state index contributed by atoms with van der Waals surface area (Å²) in [5, 5.41) is 11.1. The Bertz CT molecular complexity index is 1070. The van der Waals surface area contributed by atoms with E-state index in [1.165, 1.54) is 18.4 Å². The maximum atomic E-state index is 11.0. The number of hydrogen-bond acceptors (Lipinski definition) is 4. The summed E-state index contributed by atoms with van der Waals surface area (Å²) in [4.78, 5) is 13.1. The third kappa shape index (κ3) is 4.03. The van der Waals surface area contributed by atoms with E-state index in [1.807, 2.05) is 18.2 Å². The number of ether oxygens (including phenoxy) is 1. The Morgan fingerprint density at radius 2 is 2.00 bits per heavy atom. The Balaban J connectivity index is 1.30.